The van der Waals surface area contributed by atoms with Crippen LogP contribution in [0.25, 0.3) is 10.1 Å². The number of fused-ring (bicyclic) bond motifs is 1. The van der Waals surface area contributed by atoms with Gasteiger partial charge in [0.05, 0.1) is 23.4 Å². The van der Waals surface area contributed by atoms with Gasteiger partial charge in [0.1, 0.15) is 10.6 Å². The molecule has 24 heavy (non-hydrogen) atoms. The third-order valence-electron chi connectivity index (χ3n) is 3.45. The SMILES string of the molecule is COc1ccc2sc(C(=O)Nc3ccccc3C(=O)O)c(Cl)c2c1. The Bertz CT molecular complexity index is 951. The maximum Gasteiger partial charge on any atom is 0.337 e. The smallest absolute Gasteiger partial charge is 0.337 e. The zero-order chi connectivity index (χ0) is 17.3. The lowest BCUT2D eigenvalue weighted by Gasteiger charge is -2.07. The third kappa shape index (κ3) is 2.93. The van der Waals surface area contributed by atoms with Crippen molar-refractivity contribution >= 4 is 50.6 Å². The molecule has 122 valence electrons. The van der Waals surface area contributed by atoms with Crippen molar-refractivity contribution in [1.29, 1.82) is 0 Å². The Hall–Kier alpha value is -2.57. The zero-order valence-corrected chi connectivity index (χ0v) is 14.1. The summed E-state index contributed by atoms with van der Waals surface area (Å²) >= 11 is 7.56. The summed E-state index contributed by atoms with van der Waals surface area (Å²) in [6, 6.07) is 11.6. The van der Waals surface area contributed by atoms with E-state index in [1.165, 1.54) is 23.5 Å². The van der Waals surface area contributed by atoms with Crippen LogP contribution >= 0.6 is 22.9 Å². The molecular formula is C17H12ClNO4S. The van der Waals surface area contributed by atoms with Crippen molar-refractivity contribution < 1.29 is 19.4 Å². The van der Waals surface area contributed by atoms with Gasteiger partial charge in [0.15, 0.2) is 0 Å². The lowest BCUT2D eigenvalue weighted by molar-refractivity contribution is 0.0698. The Morgan fingerprint density at radius 1 is 1.21 bits per heavy atom. The molecule has 0 fully saturated rings. The van der Waals surface area contributed by atoms with Gasteiger partial charge in [-0.25, -0.2) is 4.79 Å². The van der Waals surface area contributed by atoms with E-state index in [1.807, 2.05) is 6.07 Å². The number of hydrogen-bond donors (Lipinski definition) is 2. The molecule has 0 saturated heterocycles. The molecule has 3 rings (SSSR count). The van der Waals surface area contributed by atoms with Crippen LogP contribution in [0, 0.1) is 0 Å². The number of carbonyl (C=O) groups is 2. The van der Waals surface area contributed by atoms with Crippen molar-refractivity contribution in [3.63, 3.8) is 0 Å². The first-order chi connectivity index (χ1) is 11.5. The number of rotatable bonds is 4. The third-order valence-corrected chi connectivity index (χ3v) is 5.12. The van der Waals surface area contributed by atoms with Crippen LogP contribution in [0.2, 0.25) is 5.02 Å². The molecule has 0 atom stereocenters. The summed E-state index contributed by atoms with van der Waals surface area (Å²) in [5, 5.41) is 12.8. The largest absolute Gasteiger partial charge is 0.497 e. The van der Waals surface area contributed by atoms with Gasteiger partial charge in [0.25, 0.3) is 5.91 Å². The maximum absolute atomic E-state index is 12.5. The highest BCUT2D eigenvalue weighted by molar-refractivity contribution is 7.21. The summed E-state index contributed by atoms with van der Waals surface area (Å²) in [5.41, 5.74) is 0.242. The Balaban J connectivity index is 1.98. The fourth-order valence-corrected chi connectivity index (χ4v) is 3.66. The number of anilines is 1. The molecule has 0 aliphatic rings. The first-order valence-electron chi connectivity index (χ1n) is 6.91. The second kappa shape index (κ2) is 6.51. The summed E-state index contributed by atoms with van der Waals surface area (Å²) < 4.78 is 6.01. The Morgan fingerprint density at radius 2 is 1.96 bits per heavy atom. The molecule has 1 heterocycles. The first-order valence-corrected chi connectivity index (χ1v) is 8.10. The summed E-state index contributed by atoms with van der Waals surface area (Å²) in [6.07, 6.45) is 0. The van der Waals surface area contributed by atoms with Gasteiger partial charge in [-0.15, -0.1) is 11.3 Å². The van der Waals surface area contributed by atoms with Gasteiger partial charge < -0.3 is 15.2 Å². The van der Waals surface area contributed by atoms with Crippen LogP contribution in [0.15, 0.2) is 42.5 Å². The number of ether oxygens (including phenoxy) is 1. The van der Waals surface area contributed by atoms with Crippen molar-refractivity contribution in [2.45, 2.75) is 0 Å². The van der Waals surface area contributed by atoms with E-state index < -0.39 is 11.9 Å². The first kappa shape index (κ1) is 16.3. The van der Waals surface area contributed by atoms with E-state index in [0.29, 0.717) is 15.6 Å². The molecular weight excluding hydrogens is 350 g/mol. The lowest BCUT2D eigenvalue weighted by atomic mass is 10.1. The average Bonchev–Trinajstić information content (AvgIpc) is 2.91. The van der Waals surface area contributed by atoms with Crippen molar-refractivity contribution in [3.8, 4) is 5.75 Å². The molecule has 5 nitrogen and oxygen atoms in total. The van der Waals surface area contributed by atoms with Crippen LogP contribution in [-0.4, -0.2) is 24.1 Å². The second-order valence-electron chi connectivity index (χ2n) is 4.91. The number of para-hydroxylation sites is 1. The minimum atomic E-state index is -1.11. The van der Waals surface area contributed by atoms with E-state index in [-0.39, 0.29) is 11.3 Å². The minimum absolute atomic E-state index is 0.0183. The molecule has 0 unspecified atom stereocenters. The molecule has 3 aromatic rings. The Kier molecular flexibility index (Phi) is 4.42. The highest BCUT2D eigenvalue weighted by Crippen LogP contribution is 2.37. The highest BCUT2D eigenvalue weighted by Gasteiger charge is 2.19. The molecule has 0 radical (unpaired) electrons. The number of amides is 1. The molecule has 0 saturated carbocycles. The molecule has 0 bridgehead atoms. The molecule has 7 heteroatoms. The number of carbonyl (C=O) groups excluding carboxylic acids is 1. The number of hydrogen-bond acceptors (Lipinski definition) is 4. The highest BCUT2D eigenvalue weighted by atomic mass is 35.5. The number of nitrogens with one attached hydrogen (secondary N) is 1. The molecule has 0 aliphatic heterocycles. The molecule has 1 amide bonds. The fourth-order valence-electron chi connectivity index (χ4n) is 2.28. The molecule has 2 aromatic carbocycles. The van der Waals surface area contributed by atoms with Crippen molar-refractivity contribution in [3.05, 3.63) is 57.9 Å². The molecule has 2 N–H and O–H groups in total. The van der Waals surface area contributed by atoms with Gasteiger partial charge in [-0.05, 0) is 30.3 Å². The van der Waals surface area contributed by atoms with Crippen molar-refractivity contribution in [2.75, 3.05) is 12.4 Å². The van der Waals surface area contributed by atoms with Gasteiger partial charge >= 0.3 is 5.97 Å². The Morgan fingerprint density at radius 3 is 2.67 bits per heavy atom. The van der Waals surface area contributed by atoms with E-state index in [2.05, 4.69) is 5.32 Å². The number of halogens is 1. The van der Waals surface area contributed by atoms with Gasteiger partial charge in [-0.3, -0.25) is 4.79 Å². The van der Waals surface area contributed by atoms with Gasteiger partial charge in [-0.2, -0.15) is 0 Å². The lowest BCUT2D eigenvalue weighted by Crippen LogP contribution is -2.13. The number of carboxylic acids is 1. The second-order valence-corrected chi connectivity index (χ2v) is 6.34. The summed E-state index contributed by atoms with van der Waals surface area (Å²) in [6.45, 7) is 0. The number of methoxy groups -OCH3 is 1. The normalized spacial score (nSPS) is 10.6. The predicted octanol–water partition coefficient (Wildman–Crippen LogP) is 4.51. The summed E-state index contributed by atoms with van der Waals surface area (Å²) in [7, 11) is 1.55. The van der Waals surface area contributed by atoms with E-state index in [0.717, 1.165) is 10.1 Å². The Labute approximate surface area is 146 Å². The number of aromatic carboxylic acids is 1. The van der Waals surface area contributed by atoms with Crippen LogP contribution in [-0.2, 0) is 0 Å². The predicted molar refractivity (Wildman–Crippen MR) is 94.7 cm³/mol. The number of thiophene rings is 1. The van der Waals surface area contributed by atoms with Crippen LogP contribution < -0.4 is 10.1 Å². The molecule has 1 aromatic heterocycles. The van der Waals surface area contributed by atoms with Gasteiger partial charge in [0.2, 0.25) is 0 Å². The zero-order valence-electron chi connectivity index (χ0n) is 12.5. The van der Waals surface area contributed by atoms with E-state index in [9.17, 15) is 14.7 Å². The quantitative estimate of drug-likeness (QED) is 0.716. The van der Waals surface area contributed by atoms with Crippen molar-refractivity contribution in [2.24, 2.45) is 0 Å². The van der Waals surface area contributed by atoms with E-state index in [4.69, 9.17) is 16.3 Å². The fraction of sp³-hybridized carbons (Fsp3) is 0.0588. The monoisotopic (exact) mass is 361 g/mol. The van der Waals surface area contributed by atoms with Gasteiger partial charge in [-0.1, -0.05) is 23.7 Å². The van der Waals surface area contributed by atoms with Crippen LogP contribution in [0.1, 0.15) is 20.0 Å². The number of benzene rings is 2. The maximum atomic E-state index is 12.5. The summed E-state index contributed by atoms with van der Waals surface area (Å²) in [5.74, 6) is -0.919. The average molecular weight is 362 g/mol. The molecule has 0 aliphatic carbocycles. The standard InChI is InChI=1S/C17H12ClNO4S/c1-23-9-6-7-13-11(8-9)14(18)15(24-13)16(20)19-12-5-3-2-4-10(12)17(21)22/h2-8H,1H3,(H,19,20)(H,21,22). The molecule has 0 spiro atoms. The minimum Gasteiger partial charge on any atom is -0.497 e. The van der Waals surface area contributed by atoms with Crippen LogP contribution in [0.4, 0.5) is 5.69 Å². The topological polar surface area (TPSA) is 75.6 Å². The van der Waals surface area contributed by atoms with E-state index >= 15 is 0 Å². The van der Waals surface area contributed by atoms with Crippen LogP contribution in [0.3, 0.4) is 0 Å². The van der Waals surface area contributed by atoms with Gasteiger partial charge in [0, 0.05) is 10.1 Å². The van der Waals surface area contributed by atoms with Crippen molar-refractivity contribution in [1.82, 2.24) is 0 Å². The van der Waals surface area contributed by atoms with Crippen LogP contribution in [0.5, 0.6) is 5.75 Å². The number of carboxylic acid groups (broad SMARTS) is 1. The van der Waals surface area contributed by atoms with E-state index in [1.54, 1.807) is 31.4 Å². The summed E-state index contributed by atoms with van der Waals surface area (Å²) in [4.78, 5) is 24.1.